The van der Waals surface area contributed by atoms with Crippen LogP contribution >= 0.6 is 15.9 Å². The molecule has 3 nitrogen and oxygen atoms in total. The molecule has 1 aromatic carbocycles. The Morgan fingerprint density at radius 2 is 1.78 bits per heavy atom. The van der Waals surface area contributed by atoms with Crippen LogP contribution in [0.15, 0.2) is 59.5 Å². The van der Waals surface area contributed by atoms with Crippen LogP contribution in [0.5, 0.6) is 0 Å². The first-order valence-corrected chi connectivity index (χ1v) is 7.53. The van der Waals surface area contributed by atoms with Crippen LogP contribution in [-0.2, 0) is 12.7 Å². The maximum Gasteiger partial charge on any atom is 0.434 e. The Morgan fingerprint density at radius 1 is 1.04 bits per heavy atom. The summed E-state index contributed by atoms with van der Waals surface area (Å²) in [6.07, 6.45) is -1.96. The molecule has 0 aliphatic carbocycles. The zero-order valence-corrected chi connectivity index (χ0v) is 13.3. The zero-order valence-electron chi connectivity index (χ0n) is 11.8. The number of rotatable bonds is 3. The fourth-order valence-electron chi connectivity index (χ4n) is 2.19. The predicted octanol–water partition coefficient (Wildman–Crippen LogP) is 4.77. The van der Waals surface area contributed by atoms with Gasteiger partial charge in [-0.15, -0.1) is 0 Å². The number of alkyl halides is 3. The van der Waals surface area contributed by atoms with Crippen molar-refractivity contribution in [3.8, 4) is 11.4 Å². The van der Waals surface area contributed by atoms with Gasteiger partial charge in [0.1, 0.15) is 10.4 Å². The van der Waals surface area contributed by atoms with E-state index < -0.39 is 11.9 Å². The first-order valence-electron chi connectivity index (χ1n) is 6.74. The van der Waals surface area contributed by atoms with Crippen molar-refractivity contribution >= 4 is 15.9 Å². The van der Waals surface area contributed by atoms with Gasteiger partial charge in [0, 0.05) is 24.5 Å². The standard InChI is InChI=1S/C16H11BrF3N3/c17-14-7-6-12(8-21-14)15-22-13(16(18,19)20)10-23(15)9-11-4-2-1-3-5-11/h1-8,10H,9H2. The lowest BCUT2D eigenvalue weighted by molar-refractivity contribution is -0.140. The van der Waals surface area contributed by atoms with Gasteiger partial charge in [0.2, 0.25) is 0 Å². The lowest BCUT2D eigenvalue weighted by Gasteiger charge is -2.07. The molecule has 0 N–H and O–H groups in total. The number of pyridine rings is 1. The number of benzene rings is 1. The van der Waals surface area contributed by atoms with Gasteiger partial charge in [-0.1, -0.05) is 30.3 Å². The van der Waals surface area contributed by atoms with E-state index in [4.69, 9.17) is 0 Å². The van der Waals surface area contributed by atoms with E-state index in [9.17, 15) is 13.2 Å². The van der Waals surface area contributed by atoms with E-state index in [1.165, 1.54) is 10.8 Å². The van der Waals surface area contributed by atoms with E-state index in [0.29, 0.717) is 16.7 Å². The third kappa shape index (κ3) is 3.61. The SMILES string of the molecule is FC(F)(F)c1cn(Cc2ccccc2)c(-c2ccc(Br)nc2)n1. The molecule has 0 unspecified atom stereocenters. The summed E-state index contributed by atoms with van der Waals surface area (Å²) in [7, 11) is 0. The Kier molecular flexibility index (Phi) is 4.21. The maximum absolute atomic E-state index is 13.0. The Morgan fingerprint density at radius 3 is 2.39 bits per heavy atom. The van der Waals surface area contributed by atoms with Gasteiger partial charge in [-0.3, -0.25) is 0 Å². The van der Waals surface area contributed by atoms with Crippen LogP contribution in [0.4, 0.5) is 13.2 Å². The molecule has 0 saturated heterocycles. The number of halogens is 4. The number of nitrogens with zero attached hydrogens (tertiary/aromatic N) is 3. The molecule has 0 spiro atoms. The minimum Gasteiger partial charge on any atom is -0.326 e. The molecular formula is C16H11BrF3N3. The Balaban J connectivity index is 2.05. The van der Waals surface area contributed by atoms with Gasteiger partial charge in [-0.05, 0) is 33.6 Å². The third-order valence-electron chi connectivity index (χ3n) is 3.25. The molecule has 0 saturated carbocycles. The van der Waals surface area contributed by atoms with E-state index in [2.05, 4.69) is 25.9 Å². The molecule has 0 atom stereocenters. The van der Waals surface area contributed by atoms with Crippen LogP contribution in [0, 0.1) is 0 Å². The Labute approximate surface area is 138 Å². The highest BCUT2D eigenvalue weighted by atomic mass is 79.9. The van der Waals surface area contributed by atoms with Crippen molar-refractivity contribution in [1.29, 1.82) is 0 Å². The van der Waals surface area contributed by atoms with Crippen molar-refractivity contribution in [3.63, 3.8) is 0 Å². The summed E-state index contributed by atoms with van der Waals surface area (Å²) in [6, 6.07) is 12.6. The molecule has 3 rings (SSSR count). The molecule has 2 aromatic heterocycles. The van der Waals surface area contributed by atoms with Crippen molar-refractivity contribution in [1.82, 2.24) is 14.5 Å². The van der Waals surface area contributed by atoms with Crippen molar-refractivity contribution in [2.45, 2.75) is 12.7 Å². The van der Waals surface area contributed by atoms with Gasteiger partial charge >= 0.3 is 6.18 Å². The molecule has 0 radical (unpaired) electrons. The lowest BCUT2D eigenvalue weighted by atomic mass is 10.2. The highest BCUT2D eigenvalue weighted by Gasteiger charge is 2.35. The Bertz CT molecular complexity index is 796. The number of aromatic nitrogens is 3. The van der Waals surface area contributed by atoms with E-state index in [0.717, 1.165) is 11.8 Å². The number of imidazole rings is 1. The summed E-state index contributed by atoms with van der Waals surface area (Å²) in [5, 5.41) is 0. The van der Waals surface area contributed by atoms with Crippen molar-refractivity contribution < 1.29 is 13.2 Å². The molecule has 0 aliphatic rings. The first-order chi connectivity index (χ1) is 10.9. The summed E-state index contributed by atoms with van der Waals surface area (Å²) < 4.78 is 41.1. The van der Waals surface area contributed by atoms with Crippen molar-refractivity contribution in [3.05, 3.63) is 70.7 Å². The van der Waals surface area contributed by atoms with Crippen LogP contribution in [0.3, 0.4) is 0 Å². The second-order valence-electron chi connectivity index (χ2n) is 4.93. The fourth-order valence-corrected chi connectivity index (χ4v) is 2.43. The summed E-state index contributed by atoms with van der Waals surface area (Å²) in [5.74, 6) is 0.237. The third-order valence-corrected chi connectivity index (χ3v) is 3.72. The first kappa shape index (κ1) is 15.7. The van der Waals surface area contributed by atoms with E-state index >= 15 is 0 Å². The molecular weight excluding hydrogens is 371 g/mol. The number of hydrogen-bond donors (Lipinski definition) is 0. The Hall–Kier alpha value is -2.15. The van der Waals surface area contributed by atoms with Crippen LogP contribution in [0.2, 0.25) is 0 Å². The minimum atomic E-state index is -4.49. The van der Waals surface area contributed by atoms with Gasteiger partial charge in [-0.25, -0.2) is 9.97 Å². The van der Waals surface area contributed by atoms with Crippen LogP contribution < -0.4 is 0 Å². The predicted molar refractivity (Wildman–Crippen MR) is 83.7 cm³/mol. The average molecular weight is 382 g/mol. The molecule has 0 fully saturated rings. The molecule has 0 aliphatic heterocycles. The van der Waals surface area contributed by atoms with E-state index in [1.807, 2.05) is 30.3 Å². The summed E-state index contributed by atoms with van der Waals surface area (Å²) >= 11 is 3.21. The summed E-state index contributed by atoms with van der Waals surface area (Å²) in [6.45, 7) is 0.301. The fraction of sp³-hybridized carbons (Fsp3) is 0.125. The highest BCUT2D eigenvalue weighted by molar-refractivity contribution is 9.10. The largest absolute Gasteiger partial charge is 0.434 e. The van der Waals surface area contributed by atoms with Crippen LogP contribution in [0.1, 0.15) is 11.3 Å². The van der Waals surface area contributed by atoms with Crippen LogP contribution in [0.25, 0.3) is 11.4 Å². The van der Waals surface area contributed by atoms with Gasteiger partial charge in [0.05, 0.1) is 0 Å². The second kappa shape index (κ2) is 6.16. The average Bonchev–Trinajstić information content (AvgIpc) is 2.93. The summed E-state index contributed by atoms with van der Waals surface area (Å²) in [5.41, 5.74) is 0.510. The number of hydrogen-bond acceptors (Lipinski definition) is 2. The van der Waals surface area contributed by atoms with Crippen LogP contribution in [-0.4, -0.2) is 14.5 Å². The molecule has 118 valence electrons. The highest BCUT2D eigenvalue weighted by Crippen LogP contribution is 2.31. The molecule has 2 heterocycles. The minimum absolute atomic E-state index is 0.237. The molecule has 0 amide bonds. The van der Waals surface area contributed by atoms with Crippen molar-refractivity contribution in [2.24, 2.45) is 0 Å². The molecule has 3 aromatic rings. The van der Waals surface area contributed by atoms with Gasteiger partial charge in [0.15, 0.2) is 5.69 Å². The van der Waals surface area contributed by atoms with Crippen molar-refractivity contribution in [2.75, 3.05) is 0 Å². The quantitative estimate of drug-likeness (QED) is 0.611. The maximum atomic E-state index is 13.0. The van der Waals surface area contributed by atoms with E-state index in [1.54, 1.807) is 12.1 Å². The second-order valence-corrected chi connectivity index (χ2v) is 5.74. The van der Waals surface area contributed by atoms with Gasteiger partial charge < -0.3 is 4.57 Å². The smallest absolute Gasteiger partial charge is 0.326 e. The zero-order chi connectivity index (χ0) is 16.4. The normalized spacial score (nSPS) is 11.7. The molecule has 0 bridgehead atoms. The monoisotopic (exact) mass is 381 g/mol. The molecule has 7 heteroatoms. The van der Waals surface area contributed by atoms with E-state index in [-0.39, 0.29) is 5.82 Å². The molecule has 23 heavy (non-hydrogen) atoms. The van der Waals surface area contributed by atoms with Gasteiger partial charge in [-0.2, -0.15) is 13.2 Å². The topological polar surface area (TPSA) is 30.7 Å². The van der Waals surface area contributed by atoms with Gasteiger partial charge in [0.25, 0.3) is 0 Å². The lowest BCUT2D eigenvalue weighted by Crippen LogP contribution is -2.05. The summed E-state index contributed by atoms with van der Waals surface area (Å²) in [4.78, 5) is 7.82.